The van der Waals surface area contributed by atoms with Crippen LogP contribution in [-0.4, -0.2) is 27.6 Å². The highest BCUT2D eigenvalue weighted by atomic mass is 79.9. The summed E-state index contributed by atoms with van der Waals surface area (Å²) in [4.78, 5) is 24.5. The third-order valence-electron chi connectivity index (χ3n) is 7.66. The maximum Gasteiger partial charge on any atom is 0.152 e. The van der Waals surface area contributed by atoms with Crippen LogP contribution in [0.2, 0.25) is 0 Å². The molecule has 4 aliphatic rings. The highest BCUT2D eigenvalue weighted by Crippen LogP contribution is 2.64. The summed E-state index contributed by atoms with van der Waals surface area (Å²) in [6, 6.07) is 0. The van der Waals surface area contributed by atoms with E-state index in [1.54, 1.807) is 0 Å². The molecular weight excluding hydrogens is 356 g/mol. The van der Waals surface area contributed by atoms with Crippen molar-refractivity contribution in [1.29, 1.82) is 0 Å². The zero-order chi connectivity index (χ0) is 16.6. The van der Waals surface area contributed by atoms with Crippen molar-refractivity contribution in [3.05, 3.63) is 11.6 Å². The summed E-state index contributed by atoms with van der Waals surface area (Å²) in [6.45, 7) is 4.40. The number of aliphatic hydroxyl groups is 1. The number of rotatable bonds is 0. The van der Waals surface area contributed by atoms with E-state index in [2.05, 4.69) is 29.8 Å². The van der Waals surface area contributed by atoms with Gasteiger partial charge < -0.3 is 5.11 Å². The molecule has 0 bridgehead atoms. The van der Waals surface area contributed by atoms with Crippen molar-refractivity contribution in [3.8, 4) is 0 Å². The van der Waals surface area contributed by atoms with E-state index in [4.69, 9.17) is 0 Å². The number of allylic oxidation sites excluding steroid dienone is 1. The molecule has 4 rings (SSSR count). The van der Waals surface area contributed by atoms with Crippen LogP contribution in [0.15, 0.2) is 11.6 Å². The van der Waals surface area contributed by atoms with Crippen LogP contribution >= 0.6 is 15.9 Å². The lowest BCUT2D eigenvalue weighted by atomic mass is 9.47. The first-order valence-corrected chi connectivity index (χ1v) is 9.78. The summed E-state index contributed by atoms with van der Waals surface area (Å²) in [7, 11) is 0. The average Bonchev–Trinajstić information content (AvgIpc) is 2.73. The first-order valence-electron chi connectivity index (χ1n) is 8.87. The molecule has 0 saturated heterocycles. The molecular formula is C19H25BrO3. The molecule has 126 valence electrons. The second-order valence-electron chi connectivity index (χ2n) is 8.63. The lowest BCUT2D eigenvalue weighted by molar-refractivity contribution is -0.135. The molecule has 23 heavy (non-hydrogen) atoms. The van der Waals surface area contributed by atoms with Gasteiger partial charge in [0.2, 0.25) is 0 Å². The van der Waals surface area contributed by atoms with Crippen LogP contribution in [0.3, 0.4) is 0 Å². The van der Waals surface area contributed by atoms with Gasteiger partial charge in [0, 0.05) is 18.3 Å². The van der Waals surface area contributed by atoms with Crippen LogP contribution in [0, 0.1) is 28.6 Å². The lowest BCUT2D eigenvalue weighted by Crippen LogP contribution is -2.54. The fraction of sp³-hybridized carbons (Fsp3) is 0.789. The van der Waals surface area contributed by atoms with Gasteiger partial charge in [-0.1, -0.05) is 41.4 Å². The topological polar surface area (TPSA) is 54.4 Å². The van der Waals surface area contributed by atoms with Gasteiger partial charge in [-0.3, -0.25) is 9.59 Å². The maximum absolute atomic E-state index is 12.7. The molecule has 0 aromatic heterocycles. The van der Waals surface area contributed by atoms with E-state index in [0.29, 0.717) is 30.3 Å². The van der Waals surface area contributed by atoms with Crippen LogP contribution in [0.25, 0.3) is 0 Å². The number of hydrogen-bond acceptors (Lipinski definition) is 3. The first-order chi connectivity index (χ1) is 10.8. The minimum atomic E-state index is -0.510. The maximum atomic E-state index is 12.7. The van der Waals surface area contributed by atoms with Crippen molar-refractivity contribution < 1.29 is 14.7 Å². The average molecular weight is 381 g/mol. The van der Waals surface area contributed by atoms with Crippen molar-refractivity contribution in [2.24, 2.45) is 28.6 Å². The molecule has 0 heterocycles. The Kier molecular flexibility index (Phi) is 3.49. The van der Waals surface area contributed by atoms with E-state index >= 15 is 0 Å². The summed E-state index contributed by atoms with van der Waals surface area (Å²) >= 11 is 3.56. The van der Waals surface area contributed by atoms with E-state index in [1.807, 2.05) is 6.08 Å². The molecule has 0 spiro atoms. The van der Waals surface area contributed by atoms with Gasteiger partial charge in [-0.15, -0.1) is 0 Å². The van der Waals surface area contributed by atoms with Crippen molar-refractivity contribution in [2.75, 3.05) is 0 Å². The Morgan fingerprint density at radius 1 is 1.17 bits per heavy atom. The van der Waals surface area contributed by atoms with Gasteiger partial charge in [-0.2, -0.15) is 0 Å². The Labute approximate surface area is 146 Å². The molecule has 1 N–H and O–H groups in total. The second kappa shape index (κ2) is 5.01. The molecule has 0 radical (unpaired) electrons. The number of ketones is 2. The van der Waals surface area contributed by atoms with Gasteiger partial charge in [-0.05, 0) is 48.9 Å². The van der Waals surface area contributed by atoms with Crippen molar-refractivity contribution in [3.63, 3.8) is 0 Å². The molecule has 4 aliphatic carbocycles. The van der Waals surface area contributed by atoms with E-state index < -0.39 is 6.10 Å². The Balaban J connectivity index is 1.76. The summed E-state index contributed by atoms with van der Waals surface area (Å²) in [6.07, 6.45) is 6.28. The zero-order valence-electron chi connectivity index (χ0n) is 13.8. The van der Waals surface area contributed by atoms with Crippen LogP contribution in [0.4, 0.5) is 0 Å². The van der Waals surface area contributed by atoms with Crippen LogP contribution < -0.4 is 0 Å². The van der Waals surface area contributed by atoms with E-state index in [9.17, 15) is 14.7 Å². The molecule has 0 aliphatic heterocycles. The summed E-state index contributed by atoms with van der Waals surface area (Å²) in [5.74, 6) is 1.43. The van der Waals surface area contributed by atoms with Gasteiger partial charge in [0.05, 0.1) is 10.9 Å². The van der Waals surface area contributed by atoms with E-state index in [-0.39, 0.29) is 27.5 Å². The van der Waals surface area contributed by atoms with Crippen LogP contribution in [0.1, 0.15) is 52.4 Å². The van der Waals surface area contributed by atoms with Gasteiger partial charge in [-0.25, -0.2) is 0 Å². The van der Waals surface area contributed by atoms with Crippen LogP contribution in [-0.2, 0) is 9.59 Å². The van der Waals surface area contributed by atoms with Gasteiger partial charge >= 0.3 is 0 Å². The number of fused-ring (bicyclic) bond motifs is 5. The summed E-state index contributed by atoms with van der Waals surface area (Å²) in [5.41, 5.74) is 0.903. The van der Waals surface area contributed by atoms with Crippen molar-refractivity contribution in [2.45, 2.75) is 63.3 Å². The lowest BCUT2D eigenvalue weighted by Gasteiger charge is -2.57. The standard InChI is InChI=1S/C19H25BrO3/c1-18-5-3-11(21)7-10(18)8-15(22)16-12(18)4-6-19(2)13(16)9-14(20)17(19)23/h8,12-16,22H,3-7,9H2,1-2H3/t12-,13+,14?,15?,16-,18+,19+/m1/s1. The smallest absolute Gasteiger partial charge is 0.152 e. The number of alkyl halides is 1. The van der Waals surface area contributed by atoms with Gasteiger partial charge in [0.15, 0.2) is 5.78 Å². The Morgan fingerprint density at radius 3 is 2.65 bits per heavy atom. The number of carbonyl (C=O) groups is 2. The first kappa shape index (κ1) is 16.0. The molecule has 3 nitrogen and oxygen atoms in total. The Hall–Kier alpha value is -0.480. The number of hydrogen-bond donors (Lipinski definition) is 1. The highest BCUT2D eigenvalue weighted by molar-refractivity contribution is 9.10. The largest absolute Gasteiger partial charge is 0.389 e. The molecule has 0 aromatic carbocycles. The minimum absolute atomic E-state index is 0.0343. The van der Waals surface area contributed by atoms with E-state index in [0.717, 1.165) is 31.3 Å². The van der Waals surface area contributed by atoms with Crippen molar-refractivity contribution >= 4 is 27.5 Å². The number of halogens is 1. The summed E-state index contributed by atoms with van der Waals surface area (Å²) < 4.78 is 0. The third kappa shape index (κ3) is 2.03. The Morgan fingerprint density at radius 2 is 1.91 bits per heavy atom. The molecule has 3 fully saturated rings. The monoisotopic (exact) mass is 380 g/mol. The fourth-order valence-corrected chi connectivity index (χ4v) is 7.15. The van der Waals surface area contributed by atoms with E-state index in [1.165, 1.54) is 0 Å². The van der Waals surface area contributed by atoms with Crippen molar-refractivity contribution in [1.82, 2.24) is 0 Å². The fourth-order valence-electron chi connectivity index (χ4n) is 6.22. The molecule has 0 amide bonds. The normalized spacial score (nSPS) is 52.5. The quantitative estimate of drug-likeness (QED) is 0.517. The van der Waals surface area contributed by atoms with Gasteiger partial charge in [0.25, 0.3) is 0 Å². The molecule has 2 unspecified atom stereocenters. The predicted octanol–water partition coefficient (Wildman–Crippen LogP) is 3.43. The Bertz CT molecular complexity index is 612. The third-order valence-corrected chi connectivity index (χ3v) is 8.45. The molecule has 0 aromatic rings. The van der Waals surface area contributed by atoms with Crippen LogP contribution in [0.5, 0.6) is 0 Å². The second-order valence-corrected chi connectivity index (χ2v) is 9.73. The number of Topliss-reactive ketones (excluding diaryl/α,β-unsaturated/α-hetero) is 2. The number of carbonyl (C=O) groups excluding carboxylic acids is 2. The SMILES string of the molecule is C[C@]12CCC(=O)CC1=CC(O)[C@@H]1[C@H]2CC[C@]2(C)C(=O)C(Br)C[C@@H]12. The zero-order valence-corrected chi connectivity index (χ0v) is 15.4. The molecule has 7 atom stereocenters. The summed E-state index contributed by atoms with van der Waals surface area (Å²) in [5, 5.41) is 10.9. The highest BCUT2D eigenvalue weighted by Gasteiger charge is 2.62. The number of aliphatic hydroxyl groups excluding tert-OH is 1. The molecule has 4 heteroatoms. The predicted molar refractivity (Wildman–Crippen MR) is 91.2 cm³/mol. The molecule has 3 saturated carbocycles. The minimum Gasteiger partial charge on any atom is -0.389 e. The van der Waals surface area contributed by atoms with Gasteiger partial charge in [0.1, 0.15) is 5.78 Å².